The van der Waals surface area contributed by atoms with E-state index in [-0.39, 0.29) is 11.9 Å². The number of rotatable bonds is 6. The molecular weight excluding hydrogens is 268 g/mol. The molecule has 2 aromatic carbocycles. The van der Waals surface area contributed by atoms with Gasteiger partial charge in [-0.15, -0.1) is 0 Å². The first-order valence-electron chi connectivity index (χ1n) is 6.71. The molecule has 1 unspecified atom stereocenters. The Bertz CT molecular complexity index is 585. The van der Waals surface area contributed by atoms with Gasteiger partial charge in [0.2, 0.25) is 5.91 Å². The normalized spacial score (nSPS) is 12.3. The molecule has 0 saturated heterocycles. The third-order valence-electron chi connectivity index (χ3n) is 3.28. The quantitative estimate of drug-likeness (QED) is 0.859. The number of hydrogen-bond acceptors (Lipinski definition) is 3. The summed E-state index contributed by atoms with van der Waals surface area (Å²) in [5.74, 6) is 0.892. The molecule has 106 valence electrons. The van der Waals surface area contributed by atoms with Crippen LogP contribution in [-0.2, 0) is 4.79 Å². The molecule has 2 rings (SSSR count). The average Bonchev–Trinajstić information content (AvgIpc) is 2.50. The Kier molecular flexibility index (Phi) is 5.44. The SMILES string of the molecule is CSCCC(=O)NC(CN)c1ccc2ccccc2c1. The van der Waals surface area contributed by atoms with Gasteiger partial charge in [0.25, 0.3) is 0 Å². The Morgan fingerprint density at radius 1 is 1.25 bits per heavy atom. The maximum absolute atomic E-state index is 11.8. The van der Waals surface area contributed by atoms with Crippen LogP contribution in [0.1, 0.15) is 18.0 Å². The van der Waals surface area contributed by atoms with Gasteiger partial charge >= 0.3 is 0 Å². The first-order chi connectivity index (χ1) is 9.74. The molecule has 0 fully saturated rings. The van der Waals surface area contributed by atoms with E-state index in [4.69, 9.17) is 5.73 Å². The van der Waals surface area contributed by atoms with Crippen molar-refractivity contribution < 1.29 is 4.79 Å². The molecule has 3 nitrogen and oxygen atoms in total. The summed E-state index contributed by atoms with van der Waals surface area (Å²) >= 11 is 1.67. The Labute approximate surface area is 123 Å². The fraction of sp³-hybridized carbons (Fsp3) is 0.312. The van der Waals surface area contributed by atoms with E-state index >= 15 is 0 Å². The summed E-state index contributed by atoms with van der Waals surface area (Å²) in [6.45, 7) is 0.406. The fourth-order valence-electron chi connectivity index (χ4n) is 2.16. The molecule has 0 bridgehead atoms. The minimum Gasteiger partial charge on any atom is -0.348 e. The molecule has 0 spiro atoms. The Morgan fingerprint density at radius 3 is 2.70 bits per heavy atom. The van der Waals surface area contributed by atoms with E-state index in [1.165, 1.54) is 10.8 Å². The van der Waals surface area contributed by atoms with E-state index < -0.39 is 0 Å². The van der Waals surface area contributed by atoms with Crippen molar-refractivity contribution in [2.24, 2.45) is 5.73 Å². The zero-order chi connectivity index (χ0) is 14.4. The van der Waals surface area contributed by atoms with Gasteiger partial charge in [-0.2, -0.15) is 11.8 Å². The van der Waals surface area contributed by atoms with Crippen LogP contribution >= 0.6 is 11.8 Å². The van der Waals surface area contributed by atoms with Crippen LogP contribution < -0.4 is 11.1 Å². The van der Waals surface area contributed by atoms with Crippen LogP contribution in [-0.4, -0.2) is 24.5 Å². The predicted molar refractivity (Wildman–Crippen MR) is 86.9 cm³/mol. The van der Waals surface area contributed by atoms with Crippen LogP contribution in [0.25, 0.3) is 10.8 Å². The lowest BCUT2D eigenvalue weighted by Gasteiger charge is -2.18. The Hall–Kier alpha value is -1.52. The summed E-state index contributed by atoms with van der Waals surface area (Å²) in [4.78, 5) is 11.8. The predicted octanol–water partition coefficient (Wildman–Crippen LogP) is 2.71. The number of carbonyl (C=O) groups excluding carboxylic acids is 1. The Morgan fingerprint density at radius 2 is 2.00 bits per heavy atom. The summed E-state index contributed by atoms with van der Waals surface area (Å²) in [5, 5.41) is 5.37. The van der Waals surface area contributed by atoms with E-state index in [2.05, 4.69) is 29.6 Å². The monoisotopic (exact) mass is 288 g/mol. The van der Waals surface area contributed by atoms with E-state index in [0.717, 1.165) is 11.3 Å². The van der Waals surface area contributed by atoms with Crippen molar-refractivity contribution in [2.75, 3.05) is 18.6 Å². The molecule has 1 atom stereocenters. The highest BCUT2D eigenvalue weighted by atomic mass is 32.2. The minimum absolute atomic E-state index is 0.0583. The highest BCUT2D eigenvalue weighted by Gasteiger charge is 2.13. The van der Waals surface area contributed by atoms with Crippen LogP contribution in [0.15, 0.2) is 42.5 Å². The molecule has 0 aliphatic carbocycles. The van der Waals surface area contributed by atoms with Gasteiger partial charge < -0.3 is 11.1 Å². The van der Waals surface area contributed by atoms with Gasteiger partial charge in [-0.25, -0.2) is 0 Å². The average molecular weight is 288 g/mol. The lowest BCUT2D eigenvalue weighted by atomic mass is 10.0. The van der Waals surface area contributed by atoms with Crippen molar-refractivity contribution in [1.29, 1.82) is 0 Å². The molecule has 0 heterocycles. The second kappa shape index (κ2) is 7.31. The van der Waals surface area contributed by atoms with Crippen molar-refractivity contribution >= 4 is 28.4 Å². The number of amides is 1. The highest BCUT2D eigenvalue weighted by molar-refractivity contribution is 7.98. The second-order valence-electron chi connectivity index (χ2n) is 4.71. The zero-order valence-electron chi connectivity index (χ0n) is 11.6. The van der Waals surface area contributed by atoms with Crippen LogP contribution in [0.5, 0.6) is 0 Å². The molecule has 0 radical (unpaired) electrons. The zero-order valence-corrected chi connectivity index (χ0v) is 12.5. The number of thioether (sulfide) groups is 1. The topological polar surface area (TPSA) is 55.1 Å². The van der Waals surface area contributed by atoms with Crippen LogP contribution in [0.2, 0.25) is 0 Å². The van der Waals surface area contributed by atoms with Gasteiger partial charge in [-0.3, -0.25) is 4.79 Å². The third kappa shape index (κ3) is 3.74. The van der Waals surface area contributed by atoms with Crippen LogP contribution in [0.3, 0.4) is 0 Å². The molecule has 2 aromatic rings. The smallest absolute Gasteiger partial charge is 0.221 e. The summed E-state index contributed by atoms with van der Waals surface area (Å²) < 4.78 is 0. The summed E-state index contributed by atoms with van der Waals surface area (Å²) in [6, 6.07) is 14.3. The standard InChI is InChI=1S/C16H20N2OS/c1-20-9-8-16(19)18-15(11-17)14-7-6-12-4-2-3-5-13(12)10-14/h2-7,10,15H,8-9,11,17H2,1H3,(H,18,19). The minimum atomic E-state index is -0.117. The molecule has 20 heavy (non-hydrogen) atoms. The van der Waals surface area contributed by atoms with Crippen molar-refractivity contribution in [2.45, 2.75) is 12.5 Å². The molecular formula is C16H20N2OS. The summed E-state index contributed by atoms with van der Waals surface area (Å²) in [7, 11) is 0. The maximum Gasteiger partial charge on any atom is 0.221 e. The third-order valence-corrected chi connectivity index (χ3v) is 3.89. The van der Waals surface area contributed by atoms with Crippen LogP contribution in [0.4, 0.5) is 0 Å². The van der Waals surface area contributed by atoms with E-state index in [0.29, 0.717) is 13.0 Å². The molecule has 1 amide bonds. The van der Waals surface area contributed by atoms with E-state index in [1.807, 2.05) is 24.5 Å². The maximum atomic E-state index is 11.8. The van der Waals surface area contributed by atoms with Crippen molar-refractivity contribution in [1.82, 2.24) is 5.32 Å². The number of hydrogen-bond donors (Lipinski definition) is 2. The van der Waals surface area contributed by atoms with Gasteiger partial charge in [0.05, 0.1) is 6.04 Å². The number of nitrogens with one attached hydrogen (secondary N) is 1. The molecule has 3 N–H and O–H groups in total. The number of fused-ring (bicyclic) bond motifs is 1. The van der Waals surface area contributed by atoms with Gasteiger partial charge in [-0.05, 0) is 28.7 Å². The largest absolute Gasteiger partial charge is 0.348 e. The van der Waals surface area contributed by atoms with E-state index in [1.54, 1.807) is 11.8 Å². The first kappa shape index (κ1) is 14.9. The lowest BCUT2D eigenvalue weighted by Crippen LogP contribution is -2.33. The summed E-state index contributed by atoms with van der Waals surface area (Å²) in [6.07, 6.45) is 2.53. The molecule has 0 aromatic heterocycles. The molecule has 4 heteroatoms. The van der Waals surface area contributed by atoms with Crippen LogP contribution in [0, 0.1) is 0 Å². The first-order valence-corrected chi connectivity index (χ1v) is 8.11. The molecule has 0 aliphatic rings. The van der Waals surface area contributed by atoms with Crippen molar-refractivity contribution in [3.05, 3.63) is 48.0 Å². The lowest BCUT2D eigenvalue weighted by molar-refractivity contribution is -0.121. The van der Waals surface area contributed by atoms with Crippen molar-refractivity contribution in [3.8, 4) is 0 Å². The number of carbonyl (C=O) groups is 1. The van der Waals surface area contributed by atoms with Gasteiger partial charge in [-0.1, -0.05) is 36.4 Å². The number of nitrogens with two attached hydrogens (primary N) is 1. The molecule has 0 saturated carbocycles. The number of benzene rings is 2. The highest BCUT2D eigenvalue weighted by Crippen LogP contribution is 2.20. The Balaban J connectivity index is 2.14. The summed E-state index contributed by atoms with van der Waals surface area (Å²) in [5.41, 5.74) is 6.86. The van der Waals surface area contributed by atoms with Gasteiger partial charge in [0.15, 0.2) is 0 Å². The molecule has 0 aliphatic heterocycles. The fourth-order valence-corrected chi connectivity index (χ4v) is 2.55. The second-order valence-corrected chi connectivity index (χ2v) is 5.69. The van der Waals surface area contributed by atoms with Gasteiger partial charge in [0.1, 0.15) is 0 Å². The van der Waals surface area contributed by atoms with Gasteiger partial charge in [0, 0.05) is 18.7 Å². The van der Waals surface area contributed by atoms with E-state index in [9.17, 15) is 4.79 Å². The van der Waals surface area contributed by atoms with Crippen molar-refractivity contribution in [3.63, 3.8) is 0 Å².